The second-order valence-corrected chi connectivity index (χ2v) is 6.14. The van der Waals surface area contributed by atoms with Crippen molar-refractivity contribution >= 4 is 23.7 Å². The van der Waals surface area contributed by atoms with Gasteiger partial charge in [-0.05, 0) is 20.4 Å². The van der Waals surface area contributed by atoms with Crippen LogP contribution in [0.3, 0.4) is 0 Å². The molecule has 1 unspecified atom stereocenters. The predicted molar refractivity (Wildman–Crippen MR) is 83.0 cm³/mol. The standard InChI is InChI=1S/C13H23N5O2S/c1-4-10-8-17(7-6-16(10)3)12-14-15-13(18(12)5-2)21-9-11(19)20/h10H,4-9H2,1-3H3,(H,19,20). The highest BCUT2D eigenvalue weighted by molar-refractivity contribution is 7.99. The second-order valence-electron chi connectivity index (χ2n) is 5.20. The lowest BCUT2D eigenvalue weighted by Crippen LogP contribution is -2.51. The van der Waals surface area contributed by atoms with E-state index in [9.17, 15) is 4.79 Å². The maximum Gasteiger partial charge on any atom is 0.313 e. The number of aromatic nitrogens is 3. The highest BCUT2D eigenvalue weighted by Crippen LogP contribution is 2.24. The number of carbonyl (C=O) groups is 1. The third-order valence-corrected chi connectivity index (χ3v) is 4.82. The van der Waals surface area contributed by atoms with Crippen LogP contribution in [-0.4, -0.2) is 69.2 Å². The van der Waals surface area contributed by atoms with Crippen LogP contribution >= 0.6 is 11.8 Å². The molecule has 8 heteroatoms. The van der Waals surface area contributed by atoms with Crippen LogP contribution in [0, 0.1) is 0 Å². The summed E-state index contributed by atoms with van der Waals surface area (Å²) in [6, 6.07) is 0.524. The van der Waals surface area contributed by atoms with Crippen molar-refractivity contribution in [1.82, 2.24) is 19.7 Å². The molecule has 1 saturated heterocycles. The lowest BCUT2D eigenvalue weighted by Gasteiger charge is -2.39. The van der Waals surface area contributed by atoms with Crippen LogP contribution in [0.2, 0.25) is 0 Å². The molecule has 1 N–H and O–H groups in total. The van der Waals surface area contributed by atoms with Crippen molar-refractivity contribution in [2.75, 3.05) is 37.3 Å². The molecule has 7 nitrogen and oxygen atoms in total. The Balaban J connectivity index is 2.14. The minimum Gasteiger partial charge on any atom is -0.481 e. The zero-order valence-corrected chi connectivity index (χ0v) is 13.6. The van der Waals surface area contributed by atoms with Crippen LogP contribution in [0.1, 0.15) is 20.3 Å². The zero-order chi connectivity index (χ0) is 15.4. The van der Waals surface area contributed by atoms with E-state index in [0.717, 1.165) is 38.5 Å². The molecule has 0 aromatic carbocycles. The molecule has 0 amide bonds. The van der Waals surface area contributed by atoms with Gasteiger partial charge >= 0.3 is 5.97 Å². The van der Waals surface area contributed by atoms with Gasteiger partial charge in [0.25, 0.3) is 0 Å². The minimum absolute atomic E-state index is 0.0124. The summed E-state index contributed by atoms with van der Waals surface area (Å²) in [5.41, 5.74) is 0. The van der Waals surface area contributed by atoms with E-state index in [1.807, 2.05) is 11.5 Å². The van der Waals surface area contributed by atoms with Crippen molar-refractivity contribution < 1.29 is 9.90 Å². The van der Waals surface area contributed by atoms with Gasteiger partial charge in [-0.2, -0.15) is 0 Å². The number of anilines is 1. The molecule has 1 aliphatic heterocycles. The molecular formula is C13H23N5O2S. The minimum atomic E-state index is -0.835. The average molecular weight is 313 g/mol. The Morgan fingerprint density at radius 3 is 2.76 bits per heavy atom. The maximum absolute atomic E-state index is 10.7. The molecule has 1 aromatic rings. The van der Waals surface area contributed by atoms with E-state index in [1.165, 1.54) is 11.8 Å². The van der Waals surface area contributed by atoms with Crippen molar-refractivity contribution in [2.45, 2.75) is 38.0 Å². The number of hydrogen-bond acceptors (Lipinski definition) is 6. The summed E-state index contributed by atoms with van der Waals surface area (Å²) in [5.74, 6) is 0.0353. The van der Waals surface area contributed by atoms with Crippen LogP contribution in [0.15, 0.2) is 5.16 Å². The average Bonchev–Trinajstić information content (AvgIpc) is 2.88. The molecule has 0 aliphatic carbocycles. The zero-order valence-electron chi connectivity index (χ0n) is 12.8. The Hall–Kier alpha value is -1.28. The summed E-state index contributed by atoms with van der Waals surface area (Å²) in [5, 5.41) is 17.9. The molecule has 21 heavy (non-hydrogen) atoms. The molecule has 1 aromatic heterocycles. The van der Waals surface area contributed by atoms with E-state index in [2.05, 4.69) is 34.0 Å². The molecule has 0 bridgehead atoms. The van der Waals surface area contributed by atoms with E-state index in [-0.39, 0.29) is 5.75 Å². The molecule has 0 spiro atoms. The largest absolute Gasteiger partial charge is 0.481 e. The first-order valence-corrected chi connectivity index (χ1v) is 8.28. The number of carboxylic acids is 1. The van der Waals surface area contributed by atoms with Crippen LogP contribution < -0.4 is 4.90 Å². The van der Waals surface area contributed by atoms with Gasteiger partial charge in [-0.15, -0.1) is 10.2 Å². The molecule has 1 aliphatic rings. The number of rotatable bonds is 6. The van der Waals surface area contributed by atoms with Gasteiger partial charge in [0, 0.05) is 32.2 Å². The number of nitrogens with zero attached hydrogens (tertiary/aromatic N) is 5. The van der Waals surface area contributed by atoms with E-state index >= 15 is 0 Å². The Labute approximate surface area is 129 Å². The van der Waals surface area contributed by atoms with Gasteiger partial charge in [-0.3, -0.25) is 14.3 Å². The highest BCUT2D eigenvalue weighted by Gasteiger charge is 2.26. The lowest BCUT2D eigenvalue weighted by molar-refractivity contribution is -0.133. The molecule has 2 rings (SSSR count). The van der Waals surface area contributed by atoms with Crippen LogP contribution in [-0.2, 0) is 11.3 Å². The smallest absolute Gasteiger partial charge is 0.313 e. The van der Waals surface area contributed by atoms with Gasteiger partial charge in [0.2, 0.25) is 5.95 Å². The Kier molecular flexibility index (Phi) is 5.46. The number of hydrogen-bond donors (Lipinski definition) is 1. The van der Waals surface area contributed by atoms with Crippen molar-refractivity contribution in [3.05, 3.63) is 0 Å². The monoisotopic (exact) mass is 313 g/mol. The van der Waals surface area contributed by atoms with Crippen molar-refractivity contribution in [1.29, 1.82) is 0 Å². The quantitative estimate of drug-likeness (QED) is 0.785. The molecule has 2 heterocycles. The number of piperazine rings is 1. The Morgan fingerprint density at radius 2 is 2.14 bits per heavy atom. The number of likely N-dealkylation sites (N-methyl/N-ethyl adjacent to an activating group) is 1. The van der Waals surface area contributed by atoms with Gasteiger partial charge in [-0.1, -0.05) is 18.7 Å². The molecular weight excluding hydrogens is 290 g/mol. The summed E-state index contributed by atoms with van der Waals surface area (Å²) in [6.07, 6.45) is 1.11. The number of carboxylic acid groups (broad SMARTS) is 1. The van der Waals surface area contributed by atoms with E-state index < -0.39 is 5.97 Å². The summed E-state index contributed by atoms with van der Waals surface area (Å²) in [6.45, 7) is 7.85. The third-order valence-electron chi connectivity index (χ3n) is 3.87. The first-order valence-electron chi connectivity index (χ1n) is 7.29. The topological polar surface area (TPSA) is 74.5 Å². The van der Waals surface area contributed by atoms with Gasteiger partial charge in [-0.25, -0.2) is 0 Å². The predicted octanol–water partition coefficient (Wildman–Crippen LogP) is 1.01. The fourth-order valence-corrected chi connectivity index (χ4v) is 3.31. The van der Waals surface area contributed by atoms with Gasteiger partial charge in [0.05, 0.1) is 5.75 Å². The Bertz CT molecular complexity index is 493. The van der Waals surface area contributed by atoms with Crippen molar-refractivity contribution in [3.8, 4) is 0 Å². The molecule has 1 atom stereocenters. The first kappa shape index (κ1) is 16.1. The van der Waals surface area contributed by atoms with Crippen LogP contribution in [0.25, 0.3) is 0 Å². The van der Waals surface area contributed by atoms with Crippen molar-refractivity contribution in [2.24, 2.45) is 0 Å². The summed E-state index contributed by atoms with van der Waals surface area (Å²) in [4.78, 5) is 15.3. The fourth-order valence-electron chi connectivity index (χ4n) is 2.59. The van der Waals surface area contributed by atoms with Gasteiger partial charge < -0.3 is 10.0 Å². The molecule has 0 saturated carbocycles. The number of aliphatic carboxylic acids is 1. The first-order chi connectivity index (χ1) is 10.1. The molecule has 1 fully saturated rings. The molecule has 118 valence electrons. The summed E-state index contributed by atoms with van der Waals surface area (Å²) < 4.78 is 2.01. The van der Waals surface area contributed by atoms with Gasteiger partial charge in [0.15, 0.2) is 5.16 Å². The van der Waals surface area contributed by atoms with E-state index in [0.29, 0.717) is 11.2 Å². The summed E-state index contributed by atoms with van der Waals surface area (Å²) >= 11 is 1.22. The van der Waals surface area contributed by atoms with E-state index in [1.54, 1.807) is 0 Å². The maximum atomic E-state index is 10.7. The van der Waals surface area contributed by atoms with Crippen molar-refractivity contribution in [3.63, 3.8) is 0 Å². The SMILES string of the molecule is CCC1CN(c2nnc(SCC(=O)O)n2CC)CCN1C. The van der Waals surface area contributed by atoms with Gasteiger partial charge in [0.1, 0.15) is 0 Å². The summed E-state index contributed by atoms with van der Waals surface area (Å²) in [7, 11) is 2.16. The Morgan fingerprint density at radius 1 is 1.38 bits per heavy atom. The fraction of sp³-hybridized carbons (Fsp3) is 0.769. The van der Waals surface area contributed by atoms with Crippen LogP contribution in [0.5, 0.6) is 0 Å². The third kappa shape index (κ3) is 3.68. The normalized spacial score (nSPS) is 20.0. The lowest BCUT2D eigenvalue weighted by atomic mass is 10.1. The number of thioether (sulfide) groups is 1. The second kappa shape index (κ2) is 7.13. The van der Waals surface area contributed by atoms with E-state index in [4.69, 9.17) is 5.11 Å². The molecule has 0 radical (unpaired) electrons. The highest BCUT2D eigenvalue weighted by atomic mass is 32.2. The van der Waals surface area contributed by atoms with Crippen LogP contribution in [0.4, 0.5) is 5.95 Å².